The van der Waals surface area contributed by atoms with E-state index in [0.717, 1.165) is 26.9 Å². The third-order valence-electron chi connectivity index (χ3n) is 4.51. The summed E-state index contributed by atoms with van der Waals surface area (Å²) in [6.07, 6.45) is 1.02. The van der Waals surface area contributed by atoms with Crippen LogP contribution in [0.25, 0.3) is 16.0 Å². The lowest BCUT2D eigenvalue weighted by Crippen LogP contribution is -2.34. The maximum absolute atomic E-state index is 15.0. The van der Waals surface area contributed by atoms with Crippen molar-refractivity contribution in [2.24, 2.45) is 0 Å². The van der Waals surface area contributed by atoms with Gasteiger partial charge in [-0.1, -0.05) is 47.4 Å². The number of fused-ring (bicyclic) bond motifs is 2. The van der Waals surface area contributed by atoms with Crippen LogP contribution in [-0.4, -0.2) is 6.54 Å². The molecule has 0 spiro atoms. The van der Waals surface area contributed by atoms with Gasteiger partial charge in [0.15, 0.2) is 5.83 Å². The Morgan fingerprint density at radius 2 is 1.81 bits per heavy atom. The Hall–Kier alpha value is -2.18. The van der Waals surface area contributed by atoms with Gasteiger partial charge in [0.05, 0.1) is 5.69 Å². The summed E-state index contributed by atoms with van der Waals surface area (Å²) < 4.78 is 32.9. The van der Waals surface area contributed by atoms with Crippen molar-refractivity contribution in [1.29, 1.82) is 0 Å². The van der Waals surface area contributed by atoms with E-state index in [-0.39, 0.29) is 0 Å². The average molecular weight is 402 g/mol. The van der Waals surface area contributed by atoms with E-state index in [1.165, 1.54) is 23.1 Å². The summed E-state index contributed by atoms with van der Waals surface area (Å²) in [5.74, 6) is -1.09. The van der Waals surface area contributed by atoms with Crippen LogP contribution >= 0.6 is 23.1 Å². The first-order chi connectivity index (χ1) is 13.1. The van der Waals surface area contributed by atoms with E-state index < -0.39 is 11.7 Å². The molecule has 3 aromatic rings. The standard InChI is InChI=1S/C21H19F2N2S2/c1-3-24-16-9-5-7-11-18(16)26-20(24)14(22)13-15(23)21-25(4-2)17-10-6-8-12-19(17)27-21/h5-13H,3-4H2,1-2H3/q+1. The van der Waals surface area contributed by atoms with Gasteiger partial charge in [-0.2, -0.15) is 8.96 Å². The maximum atomic E-state index is 15.0. The van der Waals surface area contributed by atoms with Gasteiger partial charge in [-0.15, -0.1) is 0 Å². The second-order valence-electron chi connectivity index (χ2n) is 6.08. The Morgan fingerprint density at radius 3 is 2.59 bits per heavy atom. The molecule has 2 heterocycles. The zero-order valence-corrected chi connectivity index (χ0v) is 16.7. The lowest BCUT2D eigenvalue weighted by atomic mass is 10.3. The molecule has 0 amide bonds. The fourth-order valence-corrected chi connectivity index (χ4v) is 5.55. The molecule has 4 rings (SSSR count). The van der Waals surface area contributed by atoms with Crippen molar-refractivity contribution in [2.45, 2.75) is 25.3 Å². The van der Waals surface area contributed by atoms with Gasteiger partial charge in [0.2, 0.25) is 11.3 Å². The predicted octanol–water partition coefficient (Wildman–Crippen LogP) is 6.29. The molecule has 0 bridgehead atoms. The highest BCUT2D eigenvalue weighted by molar-refractivity contribution is 8.03. The molecule has 0 N–H and O–H groups in total. The molecular weight excluding hydrogens is 382 g/mol. The van der Waals surface area contributed by atoms with Gasteiger partial charge in [-0.3, -0.25) is 0 Å². The van der Waals surface area contributed by atoms with Gasteiger partial charge in [0.25, 0.3) is 5.01 Å². The molecule has 1 aliphatic rings. The molecular formula is C21H19F2N2S2+. The molecule has 0 saturated heterocycles. The average Bonchev–Trinajstić information content (AvgIpc) is 3.25. The van der Waals surface area contributed by atoms with Gasteiger partial charge >= 0.3 is 0 Å². The maximum Gasteiger partial charge on any atom is 0.299 e. The number of hydrogen-bond donors (Lipinski definition) is 0. The topological polar surface area (TPSA) is 7.12 Å². The first-order valence-electron chi connectivity index (χ1n) is 8.87. The van der Waals surface area contributed by atoms with E-state index in [0.29, 0.717) is 23.1 Å². The van der Waals surface area contributed by atoms with Gasteiger partial charge in [0.1, 0.15) is 16.3 Å². The minimum Gasteiger partial charge on any atom is -0.333 e. The summed E-state index contributed by atoms with van der Waals surface area (Å²) in [5.41, 5.74) is 1.93. The fraction of sp³-hybridized carbons (Fsp3) is 0.190. The van der Waals surface area contributed by atoms with Gasteiger partial charge in [0, 0.05) is 23.6 Å². The lowest BCUT2D eigenvalue weighted by molar-refractivity contribution is -0.666. The largest absolute Gasteiger partial charge is 0.333 e. The van der Waals surface area contributed by atoms with Crippen LogP contribution in [0.1, 0.15) is 18.9 Å². The normalized spacial score (nSPS) is 16.1. The summed E-state index contributed by atoms with van der Waals surface area (Å²) in [5, 5.41) is 0.885. The summed E-state index contributed by atoms with van der Waals surface area (Å²) in [4.78, 5) is 2.88. The van der Waals surface area contributed by atoms with Crippen molar-refractivity contribution < 1.29 is 13.3 Å². The van der Waals surface area contributed by atoms with Crippen LogP contribution in [0.4, 0.5) is 14.5 Å². The molecule has 0 fully saturated rings. The number of anilines is 1. The number of aryl methyl sites for hydroxylation is 1. The minimum atomic E-state index is -0.546. The molecule has 0 radical (unpaired) electrons. The highest BCUT2D eigenvalue weighted by Gasteiger charge is 2.28. The molecule has 2 nitrogen and oxygen atoms in total. The lowest BCUT2D eigenvalue weighted by Gasteiger charge is -2.17. The van der Waals surface area contributed by atoms with Crippen molar-refractivity contribution in [3.8, 4) is 0 Å². The number of benzene rings is 2. The quantitative estimate of drug-likeness (QED) is 0.474. The number of aromatic nitrogens is 1. The fourth-order valence-electron chi connectivity index (χ4n) is 3.29. The minimum absolute atomic E-state index is 0.443. The van der Waals surface area contributed by atoms with Gasteiger partial charge in [-0.25, -0.2) is 4.39 Å². The monoisotopic (exact) mass is 401 g/mol. The second-order valence-corrected chi connectivity index (χ2v) is 8.14. The van der Waals surface area contributed by atoms with E-state index in [4.69, 9.17) is 0 Å². The zero-order chi connectivity index (χ0) is 19.0. The number of nitrogens with zero attached hydrogens (tertiary/aromatic N) is 2. The van der Waals surface area contributed by atoms with Crippen LogP contribution in [0.2, 0.25) is 0 Å². The Balaban J connectivity index is 1.76. The molecule has 0 atom stereocenters. The van der Waals surface area contributed by atoms with Crippen LogP contribution in [0, 0.1) is 0 Å². The number of hydrogen-bond acceptors (Lipinski definition) is 3. The third-order valence-corrected chi connectivity index (χ3v) is 6.86. The van der Waals surface area contributed by atoms with E-state index in [1.54, 1.807) is 0 Å². The predicted molar refractivity (Wildman–Crippen MR) is 110 cm³/mol. The van der Waals surface area contributed by atoms with E-state index >= 15 is 8.78 Å². The van der Waals surface area contributed by atoms with Crippen molar-refractivity contribution in [3.63, 3.8) is 0 Å². The highest BCUT2D eigenvalue weighted by Crippen LogP contribution is 2.47. The van der Waals surface area contributed by atoms with E-state index in [9.17, 15) is 0 Å². The summed E-state index contributed by atoms with van der Waals surface area (Å²) in [6.45, 7) is 5.18. The third kappa shape index (κ3) is 3.17. The number of para-hydroxylation sites is 2. The van der Waals surface area contributed by atoms with E-state index in [2.05, 4.69) is 0 Å². The molecule has 2 aromatic carbocycles. The summed E-state index contributed by atoms with van der Waals surface area (Å²) >= 11 is 2.69. The van der Waals surface area contributed by atoms with Crippen LogP contribution in [0.3, 0.4) is 0 Å². The first-order valence-corrected chi connectivity index (χ1v) is 10.5. The van der Waals surface area contributed by atoms with Crippen molar-refractivity contribution in [3.05, 3.63) is 70.5 Å². The molecule has 0 saturated carbocycles. The van der Waals surface area contributed by atoms with Crippen LogP contribution in [0.5, 0.6) is 0 Å². The van der Waals surface area contributed by atoms with Crippen molar-refractivity contribution in [2.75, 3.05) is 11.4 Å². The SMILES string of the molecule is CCN1C(=C(F)C=C(F)c2sc3ccccc3[n+]2CC)Sc2ccccc21. The zero-order valence-electron chi connectivity index (χ0n) is 15.1. The van der Waals surface area contributed by atoms with Crippen LogP contribution in [-0.2, 0) is 6.54 Å². The molecule has 6 heteroatoms. The number of thioether (sulfide) groups is 1. The molecule has 1 aliphatic heterocycles. The Morgan fingerprint density at radius 1 is 1.07 bits per heavy atom. The van der Waals surface area contributed by atoms with Crippen LogP contribution in [0.15, 0.2) is 70.4 Å². The number of allylic oxidation sites excluding steroid dienone is 2. The Bertz CT molecular complexity index is 1070. The molecule has 27 heavy (non-hydrogen) atoms. The van der Waals surface area contributed by atoms with Gasteiger partial charge in [-0.05, 0) is 32.0 Å². The second kappa shape index (κ2) is 7.44. The summed E-state index contributed by atoms with van der Waals surface area (Å²) in [7, 11) is 0. The van der Waals surface area contributed by atoms with E-state index in [1.807, 2.05) is 71.8 Å². The Kier molecular flexibility index (Phi) is 5.02. The first kappa shape index (κ1) is 18.2. The summed E-state index contributed by atoms with van der Waals surface area (Å²) in [6, 6.07) is 15.6. The molecule has 138 valence electrons. The molecule has 0 unspecified atom stereocenters. The molecule has 1 aromatic heterocycles. The number of thiazole rings is 1. The number of rotatable bonds is 4. The smallest absolute Gasteiger partial charge is 0.299 e. The Labute approximate surface area is 165 Å². The van der Waals surface area contributed by atoms with Crippen LogP contribution < -0.4 is 9.47 Å². The number of halogens is 2. The van der Waals surface area contributed by atoms with Crippen molar-refractivity contribution in [1.82, 2.24) is 0 Å². The highest BCUT2D eigenvalue weighted by atomic mass is 32.2. The molecule has 0 aliphatic carbocycles. The van der Waals surface area contributed by atoms with Crippen molar-refractivity contribution >= 4 is 44.8 Å². The van der Waals surface area contributed by atoms with Gasteiger partial charge < -0.3 is 4.90 Å².